The Morgan fingerprint density at radius 1 is 1.05 bits per heavy atom. The molecular weight excluding hydrogens is 319 g/mol. The lowest BCUT2D eigenvalue weighted by atomic mass is 10.1. The average Bonchev–Trinajstić information content (AvgIpc) is 2.41. The van der Waals surface area contributed by atoms with Gasteiger partial charge in [-0.05, 0) is 48.9 Å². The topological polar surface area (TPSA) is 35.2 Å². The third-order valence-corrected chi connectivity index (χ3v) is 3.38. The molecule has 0 aliphatic rings. The van der Waals surface area contributed by atoms with E-state index in [9.17, 15) is 8.78 Å². The van der Waals surface area contributed by atoms with Gasteiger partial charge in [0.15, 0.2) is 0 Å². The molecule has 0 saturated heterocycles. The molecule has 0 radical (unpaired) electrons. The van der Waals surface area contributed by atoms with Crippen molar-refractivity contribution in [2.24, 2.45) is 5.73 Å². The molecule has 0 saturated carbocycles. The zero-order valence-corrected chi connectivity index (χ0v) is 12.5. The van der Waals surface area contributed by atoms with Crippen LogP contribution < -0.4 is 10.5 Å². The second kappa shape index (κ2) is 7.07. The Morgan fingerprint density at radius 3 is 2.52 bits per heavy atom. The SMILES string of the molecule is NCCc1cc(Cl)cc(Cl)c1OCc1cc(F)ccc1F. The van der Waals surface area contributed by atoms with E-state index in [1.165, 1.54) is 6.07 Å². The van der Waals surface area contributed by atoms with Gasteiger partial charge >= 0.3 is 0 Å². The van der Waals surface area contributed by atoms with E-state index >= 15 is 0 Å². The number of benzene rings is 2. The average molecular weight is 332 g/mol. The number of ether oxygens (including phenoxy) is 1. The Bertz CT molecular complexity index is 650. The van der Waals surface area contributed by atoms with Gasteiger partial charge in [-0.3, -0.25) is 0 Å². The molecule has 2 rings (SSSR count). The molecule has 0 heterocycles. The minimum atomic E-state index is -0.540. The molecule has 6 heteroatoms. The highest BCUT2D eigenvalue weighted by molar-refractivity contribution is 6.35. The lowest BCUT2D eigenvalue weighted by Gasteiger charge is -2.14. The number of rotatable bonds is 5. The summed E-state index contributed by atoms with van der Waals surface area (Å²) < 4.78 is 32.2. The van der Waals surface area contributed by atoms with Gasteiger partial charge in [-0.25, -0.2) is 8.78 Å². The first-order valence-corrected chi connectivity index (χ1v) is 7.01. The Balaban J connectivity index is 2.25. The van der Waals surface area contributed by atoms with E-state index in [0.717, 1.165) is 23.8 Å². The number of nitrogens with two attached hydrogens (primary N) is 1. The van der Waals surface area contributed by atoms with Gasteiger partial charge < -0.3 is 10.5 Å². The normalized spacial score (nSPS) is 10.7. The molecule has 21 heavy (non-hydrogen) atoms. The molecule has 2 N–H and O–H groups in total. The third-order valence-electron chi connectivity index (χ3n) is 2.88. The zero-order valence-electron chi connectivity index (χ0n) is 11.0. The molecule has 2 aromatic rings. The highest BCUT2D eigenvalue weighted by Crippen LogP contribution is 2.33. The second-order valence-electron chi connectivity index (χ2n) is 4.44. The lowest BCUT2D eigenvalue weighted by Crippen LogP contribution is -2.07. The monoisotopic (exact) mass is 331 g/mol. The largest absolute Gasteiger partial charge is 0.487 e. The molecule has 0 amide bonds. The standard InChI is InChI=1S/C15H13Cl2F2NO/c16-11-5-9(3-4-20)15(13(17)7-11)21-8-10-6-12(18)1-2-14(10)19/h1-2,5-7H,3-4,8,20H2. The van der Waals surface area contributed by atoms with Crippen LogP contribution in [-0.4, -0.2) is 6.54 Å². The molecule has 0 aliphatic heterocycles. The van der Waals surface area contributed by atoms with Gasteiger partial charge in [-0.1, -0.05) is 23.2 Å². The minimum Gasteiger partial charge on any atom is -0.487 e. The predicted octanol–water partition coefficient (Wildman–Crippen LogP) is 4.35. The van der Waals surface area contributed by atoms with Crippen LogP contribution in [0.4, 0.5) is 8.78 Å². The predicted molar refractivity (Wildman–Crippen MR) is 79.9 cm³/mol. The summed E-state index contributed by atoms with van der Waals surface area (Å²) in [5, 5.41) is 0.774. The molecular formula is C15H13Cl2F2NO. The van der Waals surface area contributed by atoms with Crippen molar-refractivity contribution in [3.63, 3.8) is 0 Å². The van der Waals surface area contributed by atoms with Gasteiger partial charge in [0.1, 0.15) is 24.0 Å². The van der Waals surface area contributed by atoms with Crippen molar-refractivity contribution < 1.29 is 13.5 Å². The van der Waals surface area contributed by atoms with Crippen LogP contribution in [-0.2, 0) is 13.0 Å². The molecule has 0 atom stereocenters. The molecule has 2 aromatic carbocycles. The number of hydrogen-bond donors (Lipinski definition) is 1. The van der Waals surface area contributed by atoms with Crippen LogP contribution in [0.2, 0.25) is 10.0 Å². The molecule has 0 aromatic heterocycles. The first-order valence-electron chi connectivity index (χ1n) is 6.26. The maximum Gasteiger partial charge on any atom is 0.141 e. The summed E-state index contributed by atoms with van der Waals surface area (Å²) >= 11 is 12.0. The van der Waals surface area contributed by atoms with Crippen molar-refractivity contribution in [2.75, 3.05) is 6.54 Å². The van der Waals surface area contributed by atoms with Crippen LogP contribution in [0.15, 0.2) is 30.3 Å². The molecule has 0 spiro atoms. The Hall–Kier alpha value is -1.36. The fraction of sp³-hybridized carbons (Fsp3) is 0.200. The van der Waals surface area contributed by atoms with Crippen molar-refractivity contribution in [3.8, 4) is 5.75 Å². The van der Waals surface area contributed by atoms with Crippen molar-refractivity contribution in [1.29, 1.82) is 0 Å². The summed E-state index contributed by atoms with van der Waals surface area (Å²) in [5.41, 5.74) is 6.37. The van der Waals surface area contributed by atoms with Crippen LogP contribution in [0.1, 0.15) is 11.1 Å². The molecule has 2 nitrogen and oxygen atoms in total. The summed E-state index contributed by atoms with van der Waals surface area (Å²) in [5.74, 6) is -0.684. The zero-order chi connectivity index (χ0) is 15.4. The molecule has 112 valence electrons. The van der Waals surface area contributed by atoms with Crippen LogP contribution >= 0.6 is 23.2 Å². The van der Waals surface area contributed by atoms with Crippen molar-refractivity contribution in [3.05, 3.63) is 63.1 Å². The molecule has 0 aliphatic carbocycles. The fourth-order valence-electron chi connectivity index (χ4n) is 1.92. The maximum absolute atomic E-state index is 13.6. The van der Waals surface area contributed by atoms with Gasteiger partial charge in [0, 0.05) is 10.6 Å². The van der Waals surface area contributed by atoms with E-state index in [1.54, 1.807) is 6.07 Å². The highest BCUT2D eigenvalue weighted by Gasteiger charge is 2.12. The maximum atomic E-state index is 13.6. The second-order valence-corrected chi connectivity index (χ2v) is 5.28. The quantitative estimate of drug-likeness (QED) is 0.883. The minimum absolute atomic E-state index is 0.111. The van der Waals surface area contributed by atoms with Crippen molar-refractivity contribution >= 4 is 23.2 Å². The molecule has 0 bridgehead atoms. The Kier molecular flexibility index (Phi) is 5.39. The Labute approximate surface area is 131 Å². The third kappa shape index (κ3) is 4.06. The van der Waals surface area contributed by atoms with E-state index < -0.39 is 11.6 Å². The van der Waals surface area contributed by atoms with Crippen LogP contribution in [0.3, 0.4) is 0 Å². The number of hydrogen-bond acceptors (Lipinski definition) is 2. The van der Waals surface area contributed by atoms with Crippen LogP contribution in [0.25, 0.3) is 0 Å². The summed E-state index contributed by atoms with van der Waals surface area (Å²) in [6.45, 7) is 0.254. The van der Waals surface area contributed by atoms with E-state index in [4.69, 9.17) is 33.7 Å². The van der Waals surface area contributed by atoms with Gasteiger partial charge in [-0.15, -0.1) is 0 Å². The lowest BCUT2D eigenvalue weighted by molar-refractivity contribution is 0.296. The van der Waals surface area contributed by atoms with Gasteiger partial charge in [0.2, 0.25) is 0 Å². The summed E-state index contributed by atoms with van der Waals surface area (Å²) in [7, 11) is 0. The summed E-state index contributed by atoms with van der Waals surface area (Å²) in [4.78, 5) is 0. The summed E-state index contributed by atoms with van der Waals surface area (Å²) in [6, 6.07) is 6.41. The molecule has 0 fully saturated rings. The van der Waals surface area contributed by atoms with Gasteiger partial charge in [0.05, 0.1) is 5.02 Å². The van der Waals surface area contributed by atoms with E-state index in [-0.39, 0.29) is 12.2 Å². The summed E-state index contributed by atoms with van der Waals surface area (Å²) in [6.07, 6.45) is 0.515. The van der Waals surface area contributed by atoms with Crippen LogP contribution in [0.5, 0.6) is 5.75 Å². The van der Waals surface area contributed by atoms with Crippen LogP contribution in [0, 0.1) is 11.6 Å². The van der Waals surface area contributed by atoms with Gasteiger partial charge in [0.25, 0.3) is 0 Å². The van der Waals surface area contributed by atoms with Crippen molar-refractivity contribution in [2.45, 2.75) is 13.0 Å². The van der Waals surface area contributed by atoms with Crippen molar-refractivity contribution in [1.82, 2.24) is 0 Å². The van der Waals surface area contributed by atoms with E-state index in [0.29, 0.717) is 28.8 Å². The van der Waals surface area contributed by atoms with E-state index in [1.807, 2.05) is 0 Å². The fourth-order valence-corrected chi connectivity index (χ4v) is 2.51. The number of halogens is 4. The first kappa shape index (κ1) is 16.0. The highest BCUT2D eigenvalue weighted by atomic mass is 35.5. The first-order chi connectivity index (χ1) is 10.0. The Morgan fingerprint density at radius 2 is 1.81 bits per heavy atom. The van der Waals surface area contributed by atoms with Gasteiger partial charge in [-0.2, -0.15) is 0 Å². The smallest absolute Gasteiger partial charge is 0.141 e. The molecule has 0 unspecified atom stereocenters. The van der Waals surface area contributed by atoms with E-state index in [2.05, 4.69) is 0 Å².